The Labute approximate surface area is 97.9 Å². The maximum absolute atomic E-state index is 10.9. The van der Waals surface area contributed by atoms with Crippen LogP contribution in [0.3, 0.4) is 0 Å². The topological polar surface area (TPSA) is 32.7 Å². The number of hydrazone groups is 1. The SMILES string of the molecule is CC(=O)C=NN(c1ccccc1)[Si](C)(C)C. The molecule has 1 rings (SSSR count). The van der Waals surface area contributed by atoms with Gasteiger partial charge < -0.3 is 0 Å². The molecule has 0 N–H and O–H groups in total. The van der Waals surface area contributed by atoms with Crippen LogP contribution in [0.4, 0.5) is 5.69 Å². The van der Waals surface area contributed by atoms with E-state index < -0.39 is 8.24 Å². The highest BCUT2D eigenvalue weighted by Gasteiger charge is 2.24. The van der Waals surface area contributed by atoms with Crippen LogP contribution < -0.4 is 4.67 Å². The maximum Gasteiger partial charge on any atom is 0.176 e. The normalized spacial score (nSPS) is 11.8. The third kappa shape index (κ3) is 3.62. The largest absolute Gasteiger partial charge is 0.295 e. The Morgan fingerprint density at radius 3 is 2.25 bits per heavy atom. The van der Waals surface area contributed by atoms with E-state index in [1.165, 1.54) is 13.1 Å². The molecule has 0 saturated heterocycles. The van der Waals surface area contributed by atoms with Crippen LogP contribution >= 0.6 is 0 Å². The highest BCUT2D eigenvalue weighted by atomic mass is 28.3. The van der Waals surface area contributed by atoms with E-state index in [1.54, 1.807) is 0 Å². The Balaban J connectivity index is 3.03. The Hall–Kier alpha value is -1.42. The van der Waals surface area contributed by atoms with Crippen molar-refractivity contribution in [3.05, 3.63) is 30.3 Å². The van der Waals surface area contributed by atoms with Gasteiger partial charge in [-0.15, -0.1) is 0 Å². The second-order valence-corrected chi connectivity index (χ2v) is 9.44. The first-order chi connectivity index (χ1) is 7.41. The molecule has 0 radical (unpaired) electrons. The van der Waals surface area contributed by atoms with Gasteiger partial charge in [-0.05, 0) is 31.8 Å². The first kappa shape index (κ1) is 12.6. The molecule has 86 valence electrons. The van der Waals surface area contributed by atoms with E-state index >= 15 is 0 Å². The summed E-state index contributed by atoms with van der Waals surface area (Å²) in [6.45, 7) is 8.09. The number of hydrogen-bond donors (Lipinski definition) is 0. The average Bonchev–Trinajstić information content (AvgIpc) is 2.17. The predicted molar refractivity (Wildman–Crippen MR) is 71.4 cm³/mol. The van der Waals surface area contributed by atoms with Gasteiger partial charge in [0.25, 0.3) is 0 Å². The Kier molecular flexibility index (Phi) is 4.01. The molecule has 0 bridgehead atoms. The molecule has 16 heavy (non-hydrogen) atoms. The number of nitrogens with zero attached hydrogens (tertiary/aromatic N) is 2. The van der Waals surface area contributed by atoms with E-state index in [9.17, 15) is 4.79 Å². The highest BCUT2D eigenvalue weighted by Crippen LogP contribution is 2.21. The standard InChI is InChI=1S/C12H18N2OSi/c1-11(15)10-13-14(16(2,3)4)12-8-6-5-7-9-12/h5-10H,1-4H3. The minimum absolute atomic E-state index is 0.0285. The van der Waals surface area contributed by atoms with Gasteiger partial charge in [0.2, 0.25) is 0 Å². The van der Waals surface area contributed by atoms with Gasteiger partial charge in [-0.2, -0.15) is 5.10 Å². The third-order valence-electron chi connectivity index (χ3n) is 1.99. The molecule has 0 aliphatic carbocycles. The molecule has 1 aromatic carbocycles. The first-order valence-corrected chi connectivity index (χ1v) is 8.76. The maximum atomic E-state index is 10.9. The van der Waals surface area contributed by atoms with E-state index in [4.69, 9.17) is 0 Å². The Morgan fingerprint density at radius 1 is 1.25 bits per heavy atom. The molecule has 0 heterocycles. The molecule has 0 aliphatic heterocycles. The van der Waals surface area contributed by atoms with Crippen molar-refractivity contribution in [2.24, 2.45) is 5.10 Å². The summed E-state index contributed by atoms with van der Waals surface area (Å²) in [7, 11) is -1.61. The fraction of sp³-hybridized carbons (Fsp3) is 0.333. The van der Waals surface area contributed by atoms with Crippen LogP contribution in [0.5, 0.6) is 0 Å². The van der Waals surface area contributed by atoms with Crippen molar-refractivity contribution in [2.75, 3.05) is 4.67 Å². The monoisotopic (exact) mass is 234 g/mol. The number of hydrogen-bond acceptors (Lipinski definition) is 3. The third-order valence-corrected chi connectivity index (χ3v) is 3.64. The van der Waals surface area contributed by atoms with Gasteiger partial charge in [-0.1, -0.05) is 18.2 Å². The van der Waals surface area contributed by atoms with E-state index in [1.807, 2.05) is 35.0 Å². The van der Waals surface area contributed by atoms with Crippen molar-refractivity contribution in [1.29, 1.82) is 0 Å². The van der Waals surface area contributed by atoms with Gasteiger partial charge in [-0.25, -0.2) is 0 Å². The van der Waals surface area contributed by atoms with Crippen LogP contribution in [-0.4, -0.2) is 20.2 Å². The fourth-order valence-corrected chi connectivity index (χ4v) is 2.66. The second-order valence-electron chi connectivity index (χ2n) is 4.67. The van der Waals surface area contributed by atoms with Crippen molar-refractivity contribution in [1.82, 2.24) is 0 Å². The van der Waals surface area contributed by atoms with Gasteiger partial charge >= 0.3 is 0 Å². The number of Topliss-reactive ketones (excluding diaryl/α,β-unsaturated/α-hetero) is 1. The van der Waals surface area contributed by atoms with Crippen molar-refractivity contribution in [3.8, 4) is 0 Å². The van der Waals surface area contributed by atoms with Crippen molar-refractivity contribution >= 4 is 25.9 Å². The number of rotatable bonds is 4. The van der Waals surface area contributed by atoms with Gasteiger partial charge in [-0.3, -0.25) is 9.47 Å². The molecular formula is C12H18N2OSi. The highest BCUT2D eigenvalue weighted by molar-refractivity contribution is 6.79. The number of ketones is 1. The average molecular weight is 234 g/mol. The van der Waals surface area contributed by atoms with Crippen molar-refractivity contribution in [2.45, 2.75) is 26.6 Å². The van der Waals surface area contributed by atoms with Crippen LogP contribution in [0.1, 0.15) is 6.92 Å². The number of benzene rings is 1. The molecule has 0 unspecified atom stereocenters. The molecule has 0 atom stereocenters. The summed E-state index contributed by atoms with van der Waals surface area (Å²) in [6.07, 6.45) is 1.38. The molecule has 4 heteroatoms. The summed E-state index contributed by atoms with van der Waals surface area (Å²) in [5, 5.41) is 4.29. The summed E-state index contributed by atoms with van der Waals surface area (Å²) < 4.78 is 1.98. The molecule has 0 aliphatic rings. The number of carbonyl (C=O) groups excluding carboxylic acids is 1. The fourth-order valence-electron chi connectivity index (χ4n) is 1.34. The quantitative estimate of drug-likeness (QED) is 0.456. The van der Waals surface area contributed by atoms with Gasteiger partial charge in [0, 0.05) is 12.6 Å². The van der Waals surface area contributed by atoms with Gasteiger partial charge in [0.1, 0.15) is 0 Å². The van der Waals surface area contributed by atoms with Crippen LogP contribution in [0.25, 0.3) is 0 Å². The zero-order valence-electron chi connectivity index (χ0n) is 10.3. The zero-order valence-corrected chi connectivity index (χ0v) is 11.3. The van der Waals surface area contributed by atoms with Crippen LogP contribution in [0.2, 0.25) is 19.6 Å². The van der Waals surface area contributed by atoms with Crippen LogP contribution in [0, 0.1) is 0 Å². The molecule has 0 fully saturated rings. The predicted octanol–water partition coefficient (Wildman–Crippen LogP) is 2.90. The van der Waals surface area contributed by atoms with Crippen LogP contribution in [-0.2, 0) is 4.79 Å². The zero-order chi connectivity index (χ0) is 12.2. The molecule has 0 spiro atoms. The summed E-state index contributed by atoms with van der Waals surface area (Å²) in [6, 6.07) is 9.95. The van der Waals surface area contributed by atoms with Gasteiger partial charge in [0.15, 0.2) is 14.0 Å². The lowest BCUT2D eigenvalue weighted by atomic mass is 10.3. The molecule has 0 aromatic heterocycles. The lowest BCUT2D eigenvalue weighted by Crippen LogP contribution is -2.42. The molecular weight excluding hydrogens is 216 g/mol. The molecule has 1 aromatic rings. The number of anilines is 1. The van der Waals surface area contributed by atoms with E-state index in [0.29, 0.717) is 0 Å². The van der Waals surface area contributed by atoms with E-state index in [2.05, 4.69) is 24.7 Å². The van der Waals surface area contributed by atoms with E-state index in [0.717, 1.165) is 5.69 Å². The smallest absolute Gasteiger partial charge is 0.176 e. The molecule has 0 saturated carbocycles. The van der Waals surface area contributed by atoms with Gasteiger partial charge in [0.05, 0.1) is 6.21 Å². The molecule has 0 amide bonds. The van der Waals surface area contributed by atoms with Crippen molar-refractivity contribution in [3.63, 3.8) is 0 Å². The summed E-state index contributed by atoms with van der Waals surface area (Å²) >= 11 is 0. The summed E-state index contributed by atoms with van der Waals surface area (Å²) in [4.78, 5) is 10.9. The second kappa shape index (κ2) is 5.07. The van der Waals surface area contributed by atoms with E-state index in [-0.39, 0.29) is 5.78 Å². The summed E-state index contributed by atoms with van der Waals surface area (Å²) in [5.74, 6) is -0.0285. The number of carbonyl (C=O) groups is 1. The minimum atomic E-state index is -1.61. The number of para-hydroxylation sites is 1. The molecule has 3 nitrogen and oxygen atoms in total. The Morgan fingerprint density at radius 2 is 1.81 bits per heavy atom. The van der Waals surface area contributed by atoms with Crippen molar-refractivity contribution < 1.29 is 4.79 Å². The summed E-state index contributed by atoms with van der Waals surface area (Å²) in [5.41, 5.74) is 1.04. The first-order valence-electron chi connectivity index (χ1n) is 5.31. The Bertz CT molecular complexity index is 382. The lowest BCUT2D eigenvalue weighted by Gasteiger charge is -2.31. The minimum Gasteiger partial charge on any atom is -0.295 e. The van der Waals surface area contributed by atoms with Crippen LogP contribution in [0.15, 0.2) is 35.4 Å². The lowest BCUT2D eigenvalue weighted by molar-refractivity contribution is -0.110.